The molecule has 0 aliphatic rings. The molecule has 0 aliphatic carbocycles. The first kappa shape index (κ1) is 17.8. The van der Waals surface area contributed by atoms with Gasteiger partial charge in [0.15, 0.2) is 0 Å². The van der Waals surface area contributed by atoms with Crippen LogP contribution in [0.25, 0.3) is 0 Å². The Bertz CT molecular complexity index is 726. The van der Waals surface area contributed by atoms with Gasteiger partial charge in [0.2, 0.25) is 0 Å². The van der Waals surface area contributed by atoms with Crippen LogP contribution >= 0.6 is 0 Å². The summed E-state index contributed by atoms with van der Waals surface area (Å²) in [4.78, 5) is 11.9. The van der Waals surface area contributed by atoms with Crippen LogP contribution in [0.5, 0.6) is 0 Å². The summed E-state index contributed by atoms with van der Waals surface area (Å²) in [6, 6.07) is 10.4. The van der Waals surface area contributed by atoms with E-state index in [9.17, 15) is 18.0 Å². The van der Waals surface area contributed by atoms with Gasteiger partial charge in [-0.1, -0.05) is 35.9 Å². The fourth-order valence-corrected chi connectivity index (χ4v) is 2.34. The zero-order chi connectivity index (χ0) is 17.7. The molecule has 3 nitrogen and oxygen atoms in total. The van der Waals surface area contributed by atoms with Crippen molar-refractivity contribution >= 4 is 11.7 Å². The third kappa shape index (κ3) is 5.01. The zero-order valence-electron chi connectivity index (χ0n) is 13.5. The number of benzene rings is 2. The molecule has 2 amide bonds. The Hall–Kier alpha value is -2.50. The van der Waals surface area contributed by atoms with E-state index in [1.165, 1.54) is 6.07 Å². The highest BCUT2D eigenvalue weighted by atomic mass is 19.4. The SMILES string of the molecule is Cc1ccc(NC(=O)NCCc2cccc(C(F)(F)F)c2)c(C)c1. The van der Waals surface area contributed by atoms with Gasteiger partial charge in [0, 0.05) is 12.2 Å². The summed E-state index contributed by atoms with van der Waals surface area (Å²) in [5, 5.41) is 5.38. The topological polar surface area (TPSA) is 41.1 Å². The van der Waals surface area contributed by atoms with Gasteiger partial charge in [-0.2, -0.15) is 13.2 Å². The Morgan fingerprint density at radius 1 is 1.08 bits per heavy atom. The highest BCUT2D eigenvalue weighted by Crippen LogP contribution is 2.29. The van der Waals surface area contributed by atoms with Crippen LogP contribution in [-0.2, 0) is 12.6 Å². The number of halogens is 3. The maximum absolute atomic E-state index is 12.6. The van der Waals surface area contributed by atoms with E-state index >= 15 is 0 Å². The van der Waals surface area contributed by atoms with Crippen molar-refractivity contribution in [2.75, 3.05) is 11.9 Å². The minimum atomic E-state index is -4.36. The number of carbonyl (C=O) groups excluding carboxylic acids is 1. The number of anilines is 1. The van der Waals surface area contributed by atoms with Crippen LogP contribution in [0.4, 0.5) is 23.7 Å². The normalized spacial score (nSPS) is 11.2. The Labute approximate surface area is 138 Å². The van der Waals surface area contributed by atoms with E-state index in [0.29, 0.717) is 17.7 Å². The van der Waals surface area contributed by atoms with Crippen LogP contribution in [0.3, 0.4) is 0 Å². The largest absolute Gasteiger partial charge is 0.416 e. The van der Waals surface area contributed by atoms with Crippen LogP contribution in [-0.4, -0.2) is 12.6 Å². The lowest BCUT2D eigenvalue weighted by Crippen LogP contribution is -2.30. The maximum atomic E-state index is 12.6. The Kier molecular flexibility index (Phi) is 5.49. The molecule has 0 saturated carbocycles. The molecular formula is C18H19F3N2O. The Morgan fingerprint density at radius 3 is 2.50 bits per heavy atom. The van der Waals surface area contributed by atoms with E-state index in [2.05, 4.69) is 10.6 Å². The zero-order valence-corrected chi connectivity index (χ0v) is 13.5. The highest BCUT2D eigenvalue weighted by molar-refractivity contribution is 5.90. The number of rotatable bonds is 4. The fourth-order valence-electron chi connectivity index (χ4n) is 2.34. The standard InChI is InChI=1S/C18H19F3N2O/c1-12-6-7-16(13(2)10-12)23-17(24)22-9-8-14-4-3-5-15(11-14)18(19,20)21/h3-7,10-11H,8-9H2,1-2H3,(H2,22,23,24). The highest BCUT2D eigenvalue weighted by Gasteiger charge is 2.30. The number of urea groups is 1. The molecule has 0 saturated heterocycles. The second kappa shape index (κ2) is 7.38. The van der Waals surface area contributed by atoms with E-state index in [-0.39, 0.29) is 12.6 Å². The molecule has 128 valence electrons. The van der Waals surface area contributed by atoms with Crippen molar-refractivity contribution in [1.82, 2.24) is 5.32 Å². The lowest BCUT2D eigenvalue weighted by atomic mass is 10.1. The van der Waals surface area contributed by atoms with Crippen molar-refractivity contribution in [2.45, 2.75) is 26.4 Å². The lowest BCUT2D eigenvalue weighted by Gasteiger charge is -2.11. The van der Waals surface area contributed by atoms with Gasteiger partial charge in [0.25, 0.3) is 0 Å². The second-order valence-corrected chi connectivity index (χ2v) is 5.65. The van der Waals surface area contributed by atoms with Gasteiger partial charge in [-0.3, -0.25) is 0 Å². The van der Waals surface area contributed by atoms with Crippen molar-refractivity contribution in [3.05, 3.63) is 64.7 Å². The molecule has 2 rings (SSSR count). The Morgan fingerprint density at radius 2 is 1.83 bits per heavy atom. The number of hydrogen-bond acceptors (Lipinski definition) is 1. The van der Waals surface area contributed by atoms with Crippen LogP contribution in [0, 0.1) is 13.8 Å². The molecule has 0 aromatic heterocycles. The average molecular weight is 336 g/mol. The van der Waals surface area contributed by atoms with E-state index in [1.54, 1.807) is 6.07 Å². The third-order valence-electron chi connectivity index (χ3n) is 3.58. The monoisotopic (exact) mass is 336 g/mol. The minimum Gasteiger partial charge on any atom is -0.338 e. The second-order valence-electron chi connectivity index (χ2n) is 5.65. The molecule has 0 bridgehead atoms. The predicted octanol–water partition coefficient (Wildman–Crippen LogP) is 4.69. The van der Waals surface area contributed by atoms with Crippen LogP contribution < -0.4 is 10.6 Å². The van der Waals surface area contributed by atoms with E-state index in [4.69, 9.17) is 0 Å². The third-order valence-corrected chi connectivity index (χ3v) is 3.58. The molecule has 6 heteroatoms. The first-order valence-corrected chi connectivity index (χ1v) is 7.54. The summed E-state index contributed by atoms with van der Waals surface area (Å²) >= 11 is 0. The number of aryl methyl sites for hydroxylation is 2. The molecule has 0 atom stereocenters. The number of nitrogens with one attached hydrogen (secondary N) is 2. The van der Waals surface area contributed by atoms with Gasteiger partial charge in [0.1, 0.15) is 0 Å². The molecule has 0 aliphatic heterocycles. The first-order valence-electron chi connectivity index (χ1n) is 7.54. The van der Waals surface area contributed by atoms with Gasteiger partial charge in [0.05, 0.1) is 5.56 Å². The Balaban J connectivity index is 1.87. The minimum absolute atomic E-state index is 0.248. The molecule has 0 radical (unpaired) electrons. The smallest absolute Gasteiger partial charge is 0.338 e. The van der Waals surface area contributed by atoms with Gasteiger partial charge in [-0.15, -0.1) is 0 Å². The molecule has 2 aromatic carbocycles. The lowest BCUT2D eigenvalue weighted by molar-refractivity contribution is -0.137. The van der Waals surface area contributed by atoms with Gasteiger partial charge in [-0.25, -0.2) is 4.79 Å². The van der Waals surface area contributed by atoms with Crippen molar-refractivity contribution in [3.8, 4) is 0 Å². The summed E-state index contributed by atoms with van der Waals surface area (Å²) in [5.74, 6) is 0. The molecule has 24 heavy (non-hydrogen) atoms. The molecule has 2 aromatic rings. The summed E-state index contributed by atoms with van der Waals surface area (Å²) in [7, 11) is 0. The van der Waals surface area contributed by atoms with Crippen LogP contribution in [0.2, 0.25) is 0 Å². The van der Waals surface area contributed by atoms with Crippen molar-refractivity contribution in [2.24, 2.45) is 0 Å². The molecule has 0 fully saturated rings. The van der Waals surface area contributed by atoms with Crippen molar-refractivity contribution < 1.29 is 18.0 Å². The molecule has 0 unspecified atom stereocenters. The average Bonchev–Trinajstić information content (AvgIpc) is 2.50. The maximum Gasteiger partial charge on any atom is 0.416 e. The fraction of sp³-hybridized carbons (Fsp3) is 0.278. The summed E-state index contributed by atoms with van der Waals surface area (Å²) in [5.41, 5.74) is 2.60. The van der Waals surface area contributed by atoms with Gasteiger partial charge in [-0.05, 0) is 43.5 Å². The molecule has 0 spiro atoms. The predicted molar refractivity (Wildman–Crippen MR) is 88.1 cm³/mol. The van der Waals surface area contributed by atoms with E-state index < -0.39 is 11.7 Å². The van der Waals surface area contributed by atoms with Gasteiger partial charge < -0.3 is 10.6 Å². The summed E-state index contributed by atoms with van der Waals surface area (Å²) < 4.78 is 37.9. The van der Waals surface area contributed by atoms with Crippen LogP contribution in [0.15, 0.2) is 42.5 Å². The number of carbonyl (C=O) groups is 1. The van der Waals surface area contributed by atoms with Gasteiger partial charge >= 0.3 is 12.2 Å². The summed E-state index contributed by atoms with van der Waals surface area (Å²) in [6.07, 6.45) is -4.03. The van der Waals surface area contributed by atoms with Crippen LogP contribution in [0.1, 0.15) is 22.3 Å². The molecule has 0 heterocycles. The number of hydrogen-bond donors (Lipinski definition) is 2. The quantitative estimate of drug-likeness (QED) is 0.836. The molecule has 2 N–H and O–H groups in total. The van der Waals surface area contributed by atoms with Crippen molar-refractivity contribution in [1.29, 1.82) is 0 Å². The summed E-state index contributed by atoms with van der Waals surface area (Å²) in [6.45, 7) is 4.11. The molecular weight excluding hydrogens is 317 g/mol. The number of alkyl halides is 3. The van der Waals surface area contributed by atoms with E-state index in [0.717, 1.165) is 23.3 Å². The van der Waals surface area contributed by atoms with E-state index in [1.807, 2.05) is 32.0 Å². The first-order chi connectivity index (χ1) is 11.3. The van der Waals surface area contributed by atoms with Crippen molar-refractivity contribution in [3.63, 3.8) is 0 Å². The number of amides is 2.